The van der Waals surface area contributed by atoms with E-state index in [1.807, 2.05) is 0 Å². The normalized spacial score (nSPS) is 10.6. The lowest BCUT2D eigenvalue weighted by atomic mass is 10.2. The van der Waals surface area contributed by atoms with Gasteiger partial charge >= 0.3 is 0 Å². The summed E-state index contributed by atoms with van der Waals surface area (Å²) < 4.78 is 14.2. The number of anilines is 1. The zero-order valence-electron chi connectivity index (χ0n) is 9.90. The van der Waals surface area contributed by atoms with Gasteiger partial charge in [0.2, 0.25) is 5.91 Å². The first-order valence-corrected chi connectivity index (χ1v) is 6.35. The summed E-state index contributed by atoms with van der Waals surface area (Å²) in [6.45, 7) is 0.129. The molecule has 0 unspecified atom stereocenters. The largest absolute Gasteiger partial charge is 0.397 e. The number of nitrogens with two attached hydrogens (primary N) is 2. The Hall–Kier alpha value is -2.15. The van der Waals surface area contributed by atoms with Gasteiger partial charge in [-0.2, -0.15) is 0 Å². The van der Waals surface area contributed by atoms with Gasteiger partial charge in [-0.25, -0.2) is 4.39 Å². The number of carbonyl (C=O) groups excluding carboxylic acids is 2. The maximum atomic E-state index is 13.6. The smallest absolute Gasteiger partial charge is 0.263 e. The number of fused-ring (bicyclic) bond motifs is 1. The molecule has 0 spiro atoms. The molecule has 1 aromatic heterocycles. The highest BCUT2D eigenvalue weighted by molar-refractivity contribution is 7.21. The van der Waals surface area contributed by atoms with E-state index >= 15 is 0 Å². The van der Waals surface area contributed by atoms with Gasteiger partial charge in [0.1, 0.15) is 10.7 Å². The van der Waals surface area contributed by atoms with E-state index in [0.29, 0.717) is 4.70 Å². The Labute approximate surface area is 112 Å². The van der Waals surface area contributed by atoms with E-state index in [1.165, 1.54) is 6.07 Å². The number of hydrogen-bond acceptors (Lipinski definition) is 4. The van der Waals surface area contributed by atoms with Crippen molar-refractivity contribution < 1.29 is 14.0 Å². The van der Waals surface area contributed by atoms with Gasteiger partial charge in [-0.1, -0.05) is 6.07 Å². The summed E-state index contributed by atoms with van der Waals surface area (Å²) in [5.41, 5.74) is 10.9. The third-order valence-corrected chi connectivity index (χ3v) is 3.73. The predicted octanol–water partition coefficient (Wildman–Crippen LogP) is 1.23. The Morgan fingerprint density at radius 3 is 2.74 bits per heavy atom. The predicted molar refractivity (Wildman–Crippen MR) is 72.3 cm³/mol. The van der Waals surface area contributed by atoms with Crippen molar-refractivity contribution in [2.75, 3.05) is 12.3 Å². The molecule has 0 aliphatic heterocycles. The SMILES string of the molecule is NC(=O)CCNC(=O)c1sc2cccc(F)c2c1N. The zero-order valence-corrected chi connectivity index (χ0v) is 10.7. The summed E-state index contributed by atoms with van der Waals surface area (Å²) >= 11 is 1.11. The van der Waals surface area contributed by atoms with E-state index in [0.717, 1.165) is 11.3 Å². The second kappa shape index (κ2) is 5.23. The first-order chi connectivity index (χ1) is 9.00. The summed E-state index contributed by atoms with van der Waals surface area (Å²) in [7, 11) is 0. The summed E-state index contributed by atoms with van der Waals surface area (Å²) in [6, 6.07) is 4.54. The quantitative estimate of drug-likeness (QED) is 0.786. The number of carbonyl (C=O) groups is 2. The molecule has 7 heteroatoms. The summed E-state index contributed by atoms with van der Waals surface area (Å²) in [6.07, 6.45) is 0.0465. The number of amides is 2. The van der Waals surface area contributed by atoms with E-state index in [9.17, 15) is 14.0 Å². The van der Waals surface area contributed by atoms with Gasteiger partial charge in [0.15, 0.2) is 0 Å². The zero-order chi connectivity index (χ0) is 14.0. The summed E-state index contributed by atoms with van der Waals surface area (Å²) in [5, 5.41) is 2.78. The first kappa shape index (κ1) is 13.3. The van der Waals surface area contributed by atoms with Crippen molar-refractivity contribution >= 4 is 38.9 Å². The minimum Gasteiger partial charge on any atom is -0.397 e. The number of benzene rings is 1. The van der Waals surface area contributed by atoms with Crippen LogP contribution in [0.1, 0.15) is 16.1 Å². The standard InChI is InChI=1S/C12H12FN3O2S/c13-6-2-1-3-7-9(6)10(15)11(19-7)12(18)16-5-4-8(14)17/h1-3H,4-5,15H2,(H2,14,17)(H,16,18). The molecule has 0 fully saturated rings. The molecule has 0 atom stereocenters. The Balaban J connectivity index is 2.25. The van der Waals surface area contributed by atoms with E-state index < -0.39 is 17.6 Å². The molecule has 0 saturated carbocycles. The van der Waals surface area contributed by atoms with Crippen molar-refractivity contribution in [1.29, 1.82) is 0 Å². The van der Waals surface area contributed by atoms with Crippen LogP contribution in [0.4, 0.5) is 10.1 Å². The van der Waals surface area contributed by atoms with Crippen LogP contribution in [0.2, 0.25) is 0 Å². The molecule has 2 aromatic rings. The lowest BCUT2D eigenvalue weighted by Gasteiger charge is -2.02. The number of rotatable bonds is 4. The fourth-order valence-corrected chi connectivity index (χ4v) is 2.73. The van der Waals surface area contributed by atoms with Crippen LogP contribution in [-0.2, 0) is 4.79 Å². The second-order valence-electron chi connectivity index (χ2n) is 3.93. The van der Waals surface area contributed by atoms with Crippen LogP contribution >= 0.6 is 11.3 Å². The Bertz CT molecular complexity index is 654. The Kier molecular flexibility index (Phi) is 3.66. The third kappa shape index (κ3) is 2.65. The van der Waals surface area contributed by atoms with Crippen molar-refractivity contribution in [3.8, 4) is 0 Å². The molecule has 5 N–H and O–H groups in total. The maximum Gasteiger partial charge on any atom is 0.263 e. The van der Waals surface area contributed by atoms with Crippen LogP contribution in [-0.4, -0.2) is 18.4 Å². The lowest BCUT2D eigenvalue weighted by molar-refractivity contribution is -0.117. The van der Waals surface area contributed by atoms with Crippen LogP contribution in [0.25, 0.3) is 10.1 Å². The van der Waals surface area contributed by atoms with Crippen molar-refractivity contribution in [1.82, 2.24) is 5.32 Å². The fourth-order valence-electron chi connectivity index (χ4n) is 1.68. The second-order valence-corrected chi connectivity index (χ2v) is 4.98. The van der Waals surface area contributed by atoms with Crippen LogP contribution in [0.3, 0.4) is 0 Å². The number of nitrogen functional groups attached to an aromatic ring is 1. The van der Waals surface area contributed by atoms with Crippen molar-refractivity contribution in [2.24, 2.45) is 5.73 Å². The maximum absolute atomic E-state index is 13.6. The monoisotopic (exact) mass is 281 g/mol. The highest BCUT2D eigenvalue weighted by Gasteiger charge is 2.18. The lowest BCUT2D eigenvalue weighted by Crippen LogP contribution is -2.27. The van der Waals surface area contributed by atoms with Gasteiger partial charge in [-0.3, -0.25) is 9.59 Å². The molecular weight excluding hydrogens is 269 g/mol. The van der Waals surface area contributed by atoms with Gasteiger partial charge in [0.05, 0.1) is 11.1 Å². The van der Waals surface area contributed by atoms with Crippen LogP contribution < -0.4 is 16.8 Å². The van der Waals surface area contributed by atoms with Gasteiger partial charge in [-0.05, 0) is 12.1 Å². The fraction of sp³-hybridized carbons (Fsp3) is 0.167. The minimum atomic E-state index is -0.504. The number of primary amides is 1. The molecule has 5 nitrogen and oxygen atoms in total. The van der Waals surface area contributed by atoms with E-state index in [2.05, 4.69) is 5.32 Å². The van der Waals surface area contributed by atoms with Crippen molar-refractivity contribution in [3.63, 3.8) is 0 Å². The van der Waals surface area contributed by atoms with Crippen molar-refractivity contribution in [3.05, 3.63) is 28.9 Å². The van der Waals surface area contributed by atoms with Crippen LogP contribution in [0, 0.1) is 5.82 Å². The van der Waals surface area contributed by atoms with Gasteiger partial charge in [0, 0.05) is 17.7 Å². The van der Waals surface area contributed by atoms with E-state index in [4.69, 9.17) is 11.5 Å². The number of nitrogens with one attached hydrogen (secondary N) is 1. The summed E-state index contributed by atoms with van der Waals surface area (Å²) in [5.74, 6) is -1.39. The highest BCUT2D eigenvalue weighted by Crippen LogP contribution is 2.35. The number of halogens is 1. The number of thiophene rings is 1. The Morgan fingerprint density at radius 1 is 1.37 bits per heavy atom. The molecule has 19 heavy (non-hydrogen) atoms. The molecule has 1 aromatic carbocycles. The van der Waals surface area contributed by atoms with Gasteiger partial charge < -0.3 is 16.8 Å². The average Bonchev–Trinajstić information content (AvgIpc) is 2.67. The molecule has 0 aliphatic rings. The van der Waals surface area contributed by atoms with E-state index in [-0.39, 0.29) is 28.9 Å². The topological polar surface area (TPSA) is 98.2 Å². The third-order valence-electron chi connectivity index (χ3n) is 2.56. The Morgan fingerprint density at radius 2 is 2.11 bits per heavy atom. The molecular formula is C12H12FN3O2S. The molecule has 0 radical (unpaired) electrons. The molecule has 0 saturated heterocycles. The van der Waals surface area contributed by atoms with Crippen LogP contribution in [0.15, 0.2) is 18.2 Å². The highest BCUT2D eigenvalue weighted by atomic mass is 32.1. The molecule has 2 amide bonds. The van der Waals surface area contributed by atoms with Crippen LogP contribution in [0.5, 0.6) is 0 Å². The number of hydrogen-bond donors (Lipinski definition) is 3. The van der Waals surface area contributed by atoms with E-state index in [1.54, 1.807) is 12.1 Å². The molecule has 100 valence electrons. The molecule has 2 rings (SSSR count). The minimum absolute atomic E-state index is 0.0465. The summed E-state index contributed by atoms with van der Waals surface area (Å²) in [4.78, 5) is 22.7. The average molecular weight is 281 g/mol. The first-order valence-electron chi connectivity index (χ1n) is 5.53. The molecule has 0 aliphatic carbocycles. The van der Waals surface area contributed by atoms with Gasteiger partial charge in [0.25, 0.3) is 5.91 Å². The molecule has 1 heterocycles. The molecule has 0 bridgehead atoms. The van der Waals surface area contributed by atoms with Crippen molar-refractivity contribution in [2.45, 2.75) is 6.42 Å². The van der Waals surface area contributed by atoms with Gasteiger partial charge in [-0.15, -0.1) is 11.3 Å².